The minimum Gasteiger partial charge on any atom is -0.356 e. The molecule has 0 spiro atoms. The highest BCUT2D eigenvalue weighted by Crippen LogP contribution is 2.27. The fourth-order valence-electron chi connectivity index (χ4n) is 3.51. The number of carbonyl (C=O) groups excluding carboxylic acids is 1. The minimum absolute atomic E-state index is 0.131. The number of benzene rings is 1. The van der Waals surface area contributed by atoms with Crippen LogP contribution in [0.2, 0.25) is 0 Å². The van der Waals surface area contributed by atoms with Crippen molar-refractivity contribution in [1.29, 1.82) is 0 Å². The Labute approximate surface area is 162 Å². The molecule has 0 unspecified atom stereocenters. The Kier molecular flexibility index (Phi) is 5.10. The Morgan fingerprint density at radius 2 is 2.11 bits per heavy atom. The van der Waals surface area contributed by atoms with Crippen molar-refractivity contribution in [2.24, 2.45) is 0 Å². The molecule has 0 aliphatic carbocycles. The van der Waals surface area contributed by atoms with E-state index < -0.39 is 5.82 Å². The van der Waals surface area contributed by atoms with E-state index in [9.17, 15) is 9.18 Å². The molecule has 0 saturated carbocycles. The molecular formula is C20H23FN6O. The third-order valence-electron chi connectivity index (χ3n) is 4.98. The number of H-pyrrole nitrogens is 1. The average Bonchev–Trinajstić information content (AvgIpc) is 3.13. The van der Waals surface area contributed by atoms with Gasteiger partial charge in [-0.3, -0.25) is 0 Å². The summed E-state index contributed by atoms with van der Waals surface area (Å²) in [4.78, 5) is 25.7. The van der Waals surface area contributed by atoms with Gasteiger partial charge < -0.3 is 20.5 Å². The fourth-order valence-corrected chi connectivity index (χ4v) is 3.51. The van der Waals surface area contributed by atoms with E-state index in [-0.39, 0.29) is 12.1 Å². The molecule has 0 radical (unpaired) electrons. The smallest absolute Gasteiger partial charge is 0.314 e. The molecule has 3 heterocycles. The summed E-state index contributed by atoms with van der Waals surface area (Å²) >= 11 is 0. The largest absolute Gasteiger partial charge is 0.356 e. The highest BCUT2D eigenvalue weighted by atomic mass is 19.1. The molecule has 1 aliphatic rings. The van der Waals surface area contributed by atoms with E-state index in [1.165, 1.54) is 6.20 Å². The molecule has 146 valence electrons. The third kappa shape index (κ3) is 3.76. The summed E-state index contributed by atoms with van der Waals surface area (Å²) in [7, 11) is 0. The molecule has 4 rings (SSSR count). The van der Waals surface area contributed by atoms with Gasteiger partial charge in [-0.1, -0.05) is 12.1 Å². The summed E-state index contributed by atoms with van der Waals surface area (Å²) in [5.41, 5.74) is 2.07. The number of urea groups is 1. The number of fused-ring (bicyclic) bond motifs is 1. The topological polar surface area (TPSA) is 85.9 Å². The molecule has 1 aliphatic heterocycles. The number of rotatable bonds is 4. The fraction of sp³-hybridized carbons (Fsp3) is 0.350. The summed E-state index contributed by atoms with van der Waals surface area (Å²) in [5, 5.41) is 5.73. The molecule has 3 N–H and O–H groups in total. The first-order chi connectivity index (χ1) is 13.6. The van der Waals surface area contributed by atoms with Gasteiger partial charge >= 0.3 is 6.03 Å². The lowest BCUT2D eigenvalue weighted by Gasteiger charge is -2.33. The lowest BCUT2D eigenvalue weighted by Crippen LogP contribution is -2.48. The molecule has 8 heteroatoms. The molecule has 1 fully saturated rings. The zero-order valence-corrected chi connectivity index (χ0v) is 15.7. The van der Waals surface area contributed by atoms with Crippen LogP contribution in [0.3, 0.4) is 0 Å². The molecule has 28 heavy (non-hydrogen) atoms. The van der Waals surface area contributed by atoms with Gasteiger partial charge in [0.25, 0.3) is 0 Å². The van der Waals surface area contributed by atoms with E-state index in [1.807, 2.05) is 31.2 Å². The van der Waals surface area contributed by atoms with E-state index in [4.69, 9.17) is 0 Å². The number of hydrogen-bond donors (Lipinski definition) is 3. The quantitative estimate of drug-likeness (QED) is 0.647. The molecule has 0 bridgehead atoms. The maximum absolute atomic E-state index is 14.4. The Hall–Kier alpha value is -3.16. The van der Waals surface area contributed by atoms with Gasteiger partial charge in [0.15, 0.2) is 5.82 Å². The maximum atomic E-state index is 14.4. The van der Waals surface area contributed by atoms with Crippen LogP contribution < -0.4 is 15.5 Å². The number of anilines is 1. The van der Waals surface area contributed by atoms with Crippen molar-refractivity contribution in [2.45, 2.75) is 25.8 Å². The Bertz CT molecular complexity index is 947. The first-order valence-electron chi connectivity index (χ1n) is 9.54. The highest BCUT2D eigenvalue weighted by Gasteiger charge is 2.22. The Morgan fingerprint density at radius 3 is 2.86 bits per heavy atom. The Morgan fingerprint density at radius 1 is 1.32 bits per heavy atom. The second kappa shape index (κ2) is 7.84. The van der Waals surface area contributed by atoms with Gasteiger partial charge in [0.2, 0.25) is 0 Å². The van der Waals surface area contributed by atoms with Gasteiger partial charge in [-0.2, -0.15) is 0 Å². The van der Waals surface area contributed by atoms with Gasteiger partial charge in [-0.05, 0) is 38.0 Å². The van der Waals surface area contributed by atoms with Crippen LogP contribution in [-0.4, -0.2) is 46.7 Å². The number of aromatic nitrogens is 3. The van der Waals surface area contributed by atoms with Gasteiger partial charge in [-0.25, -0.2) is 19.2 Å². The second-order valence-corrected chi connectivity index (χ2v) is 6.89. The lowest BCUT2D eigenvalue weighted by atomic mass is 10.0. The summed E-state index contributed by atoms with van der Waals surface area (Å²) in [5.74, 6) is 0.805. The van der Waals surface area contributed by atoms with Gasteiger partial charge in [0.1, 0.15) is 11.6 Å². The predicted molar refractivity (Wildman–Crippen MR) is 107 cm³/mol. The molecule has 0 atom stereocenters. The van der Waals surface area contributed by atoms with Crippen molar-refractivity contribution in [3.05, 3.63) is 42.3 Å². The zero-order valence-electron chi connectivity index (χ0n) is 15.7. The lowest BCUT2D eigenvalue weighted by molar-refractivity contribution is 0.235. The summed E-state index contributed by atoms with van der Waals surface area (Å²) in [6.45, 7) is 3.99. The van der Waals surface area contributed by atoms with Gasteiger partial charge in [0.05, 0.1) is 22.8 Å². The molecule has 1 aromatic carbocycles. The summed E-state index contributed by atoms with van der Waals surface area (Å²) in [6.07, 6.45) is 2.88. The van der Waals surface area contributed by atoms with Crippen LogP contribution in [0, 0.1) is 5.82 Å². The molecule has 2 amide bonds. The van der Waals surface area contributed by atoms with Crippen LogP contribution in [0.1, 0.15) is 19.8 Å². The number of nitrogens with zero attached hydrogens (tertiary/aromatic N) is 3. The number of carbonyl (C=O) groups is 1. The van der Waals surface area contributed by atoms with Crippen molar-refractivity contribution in [1.82, 2.24) is 25.6 Å². The second-order valence-electron chi connectivity index (χ2n) is 6.89. The number of hydrogen-bond acceptors (Lipinski definition) is 4. The van der Waals surface area contributed by atoms with Crippen molar-refractivity contribution < 1.29 is 9.18 Å². The van der Waals surface area contributed by atoms with Crippen LogP contribution in [0.5, 0.6) is 0 Å². The number of amides is 2. The number of halogens is 1. The number of imidazole rings is 1. The number of pyridine rings is 1. The zero-order chi connectivity index (χ0) is 19.5. The molecule has 3 aromatic rings. The van der Waals surface area contributed by atoms with Crippen LogP contribution in [0.4, 0.5) is 15.0 Å². The molecule has 7 nitrogen and oxygen atoms in total. The van der Waals surface area contributed by atoms with Crippen LogP contribution in [0.25, 0.3) is 22.4 Å². The van der Waals surface area contributed by atoms with Crippen molar-refractivity contribution in [2.75, 3.05) is 24.5 Å². The van der Waals surface area contributed by atoms with Gasteiger partial charge in [-0.15, -0.1) is 0 Å². The van der Waals surface area contributed by atoms with Crippen molar-refractivity contribution in [3.63, 3.8) is 0 Å². The van der Waals surface area contributed by atoms with Crippen LogP contribution in [-0.2, 0) is 0 Å². The van der Waals surface area contributed by atoms with E-state index in [2.05, 4.69) is 30.5 Å². The van der Waals surface area contributed by atoms with E-state index in [0.717, 1.165) is 37.0 Å². The molecule has 2 aromatic heterocycles. The number of aromatic amines is 1. The minimum atomic E-state index is -0.407. The monoisotopic (exact) mass is 382 g/mol. The Balaban J connectivity index is 1.49. The number of piperidine rings is 1. The third-order valence-corrected chi connectivity index (χ3v) is 4.98. The van der Waals surface area contributed by atoms with E-state index >= 15 is 0 Å². The first-order valence-corrected chi connectivity index (χ1v) is 9.54. The first kappa shape index (κ1) is 18.2. The van der Waals surface area contributed by atoms with Gasteiger partial charge in [0, 0.05) is 25.7 Å². The maximum Gasteiger partial charge on any atom is 0.314 e. The average molecular weight is 382 g/mol. The SMILES string of the molecule is CCNC(=O)NC1CCN(c2cc(-c3nc4ccccc4[nH]3)c(F)cn2)CC1. The predicted octanol–water partition coefficient (Wildman–Crippen LogP) is 3.05. The highest BCUT2D eigenvalue weighted by molar-refractivity contribution is 5.79. The van der Waals surface area contributed by atoms with Crippen LogP contribution in [0.15, 0.2) is 36.5 Å². The standard InChI is InChI=1S/C20H23FN6O/c1-2-22-20(28)24-13-7-9-27(10-8-13)18-11-14(15(21)12-23-18)19-25-16-5-3-4-6-17(16)26-19/h3-6,11-13H,2,7-10H2,1H3,(H,25,26)(H2,22,24,28). The van der Waals surface area contributed by atoms with Crippen molar-refractivity contribution in [3.8, 4) is 11.4 Å². The van der Waals surface area contributed by atoms with Crippen LogP contribution >= 0.6 is 0 Å². The van der Waals surface area contributed by atoms with E-state index in [1.54, 1.807) is 6.07 Å². The van der Waals surface area contributed by atoms with E-state index in [0.29, 0.717) is 23.8 Å². The molecule has 1 saturated heterocycles. The normalized spacial score (nSPS) is 15.0. The number of nitrogens with one attached hydrogen (secondary N) is 3. The summed E-state index contributed by atoms with van der Waals surface area (Å²) in [6, 6.07) is 9.37. The number of para-hydroxylation sites is 2. The summed E-state index contributed by atoms with van der Waals surface area (Å²) < 4.78 is 14.4. The molecular weight excluding hydrogens is 359 g/mol. The van der Waals surface area contributed by atoms with Crippen molar-refractivity contribution >= 4 is 22.9 Å².